The van der Waals surface area contributed by atoms with Crippen molar-refractivity contribution in [1.29, 1.82) is 0 Å². The first-order chi connectivity index (χ1) is 7.36. The van der Waals surface area contributed by atoms with E-state index < -0.39 is 0 Å². The molecule has 0 amide bonds. The summed E-state index contributed by atoms with van der Waals surface area (Å²) in [6.45, 7) is 0.677. The maximum absolute atomic E-state index is 12.0. The molecule has 15 heavy (non-hydrogen) atoms. The number of nitrogens with one attached hydrogen (secondary N) is 1. The fourth-order valence-corrected chi connectivity index (χ4v) is 1.77. The van der Waals surface area contributed by atoms with Gasteiger partial charge in [-0.1, -0.05) is 18.2 Å². The number of hydrogen-bond acceptors (Lipinski definition) is 3. The Bertz CT molecular complexity index is 611. The van der Waals surface area contributed by atoms with E-state index in [2.05, 4.69) is 5.32 Å². The second-order valence-electron chi connectivity index (χ2n) is 3.45. The third kappa shape index (κ3) is 1.16. The Morgan fingerprint density at radius 1 is 1.27 bits per heavy atom. The molecule has 0 aliphatic carbocycles. The van der Waals surface area contributed by atoms with Gasteiger partial charge < -0.3 is 9.73 Å². The molecule has 0 bridgehead atoms. The Balaban J connectivity index is 2.48. The first-order valence-electron chi connectivity index (χ1n) is 4.82. The Morgan fingerprint density at radius 3 is 3.07 bits per heavy atom. The Labute approximate surface area is 86.0 Å². The lowest BCUT2D eigenvalue weighted by molar-refractivity contribution is 0.591. The van der Waals surface area contributed by atoms with Gasteiger partial charge in [-0.25, -0.2) is 0 Å². The third-order valence-electron chi connectivity index (χ3n) is 2.49. The van der Waals surface area contributed by atoms with Crippen LogP contribution in [-0.4, -0.2) is 6.54 Å². The van der Waals surface area contributed by atoms with Gasteiger partial charge in [-0.3, -0.25) is 4.79 Å². The lowest BCUT2D eigenvalue weighted by Gasteiger charge is -2.11. The van der Waals surface area contributed by atoms with Gasteiger partial charge >= 0.3 is 0 Å². The maximum Gasteiger partial charge on any atom is 0.216 e. The number of benzene rings is 1. The molecule has 0 spiro atoms. The van der Waals surface area contributed by atoms with E-state index in [0.29, 0.717) is 29.0 Å². The van der Waals surface area contributed by atoms with Crippen molar-refractivity contribution in [2.24, 2.45) is 0 Å². The van der Waals surface area contributed by atoms with Crippen molar-refractivity contribution in [3.8, 4) is 0 Å². The Morgan fingerprint density at radius 2 is 2.13 bits per heavy atom. The van der Waals surface area contributed by atoms with Gasteiger partial charge in [-0.05, 0) is 18.2 Å². The molecule has 0 saturated carbocycles. The molecule has 2 heterocycles. The topological polar surface area (TPSA) is 42.2 Å². The lowest BCUT2D eigenvalue weighted by Crippen LogP contribution is -2.15. The third-order valence-corrected chi connectivity index (χ3v) is 2.49. The Kier molecular flexibility index (Phi) is 1.65. The zero-order chi connectivity index (χ0) is 10.3. The smallest absolute Gasteiger partial charge is 0.216 e. The highest BCUT2D eigenvalue weighted by molar-refractivity contribution is 5.83. The summed E-state index contributed by atoms with van der Waals surface area (Å²) >= 11 is 0. The van der Waals surface area contributed by atoms with E-state index in [1.807, 2.05) is 24.3 Å². The largest absolute Gasteiger partial charge is 0.454 e. The van der Waals surface area contributed by atoms with Crippen LogP contribution in [0.25, 0.3) is 17.0 Å². The predicted molar refractivity (Wildman–Crippen MR) is 60.0 cm³/mol. The summed E-state index contributed by atoms with van der Waals surface area (Å²) in [6, 6.07) is 7.28. The van der Waals surface area contributed by atoms with Crippen LogP contribution in [0, 0.1) is 0 Å². The highest BCUT2D eigenvalue weighted by Gasteiger charge is 2.13. The van der Waals surface area contributed by atoms with Crippen molar-refractivity contribution >= 4 is 22.7 Å². The van der Waals surface area contributed by atoms with Gasteiger partial charge in [-0.15, -0.1) is 0 Å². The molecular formula is C12H9NO2. The summed E-state index contributed by atoms with van der Waals surface area (Å²) in [7, 11) is 0. The van der Waals surface area contributed by atoms with Gasteiger partial charge in [0.05, 0.1) is 5.39 Å². The molecule has 1 N–H and O–H groups in total. The molecule has 0 unspecified atom stereocenters. The molecule has 0 radical (unpaired) electrons. The second-order valence-corrected chi connectivity index (χ2v) is 3.45. The van der Waals surface area contributed by atoms with E-state index in [1.165, 1.54) is 0 Å². The van der Waals surface area contributed by atoms with Crippen molar-refractivity contribution in [2.45, 2.75) is 0 Å². The van der Waals surface area contributed by atoms with Crippen LogP contribution in [-0.2, 0) is 0 Å². The van der Waals surface area contributed by atoms with E-state index in [9.17, 15) is 4.79 Å². The van der Waals surface area contributed by atoms with Crippen LogP contribution in [0.15, 0.2) is 39.6 Å². The first-order valence-corrected chi connectivity index (χ1v) is 4.82. The highest BCUT2D eigenvalue weighted by Crippen LogP contribution is 2.21. The molecule has 74 valence electrons. The molecule has 2 aromatic rings. The summed E-state index contributed by atoms with van der Waals surface area (Å²) < 4.78 is 5.62. The zero-order valence-corrected chi connectivity index (χ0v) is 7.99. The fraction of sp³-hybridized carbons (Fsp3) is 0.0833. The molecule has 0 fully saturated rings. The average Bonchev–Trinajstić information content (AvgIpc) is 2.30. The minimum absolute atomic E-state index is 0.0104. The number of hydrogen-bond donors (Lipinski definition) is 1. The number of anilines is 1. The van der Waals surface area contributed by atoms with Gasteiger partial charge in [0, 0.05) is 6.54 Å². The molecule has 3 rings (SSSR count). The van der Waals surface area contributed by atoms with E-state index in [4.69, 9.17) is 4.42 Å². The van der Waals surface area contributed by atoms with E-state index >= 15 is 0 Å². The normalized spacial score (nSPS) is 13.6. The van der Waals surface area contributed by atoms with E-state index in [-0.39, 0.29) is 5.43 Å². The SMILES string of the molecule is O=c1c2c(oc3ccccc13)C=CCN2. The van der Waals surface area contributed by atoms with E-state index in [0.717, 1.165) is 0 Å². The second kappa shape index (κ2) is 2.98. The van der Waals surface area contributed by atoms with Gasteiger partial charge in [0.15, 0.2) is 5.76 Å². The molecule has 0 atom stereocenters. The van der Waals surface area contributed by atoms with Crippen LogP contribution in [0.2, 0.25) is 0 Å². The highest BCUT2D eigenvalue weighted by atomic mass is 16.3. The van der Waals surface area contributed by atoms with Crippen molar-refractivity contribution in [2.75, 3.05) is 11.9 Å². The van der Waals surface area contributed by atoms with Crippen LogP contribution < -0.4 is 10.7 Å². The summed E-state index contributed by atoms with van der Waals surface area (Å²) in [4.78, 5) is 12.0. The summed E-state index contributed by atoms with van der Waals surface area (Å²) in [6.07, 6.45) is 3.76. The van der Waals surface area contributed by atoms with Crippen molar-refractivity contribution < 1.29 is 4.42 Å². The van der Waals surface area contributed by atoms with Gasteiger partial charge in [0.1, 0.15) is 11.3 Å². The van der Waals surface area contributed by atoms with Crippen molar-refractivity contribution in [1.82, 2.24) is 0 Å². The number of rotatable bonds is 0. The molecule has 1 aliphatic heterocycles. The maximum atomic E-state index is 12.0. The van der Waals surface area contributed by atoms with Crippen LogP contribution in [0.1, 0.15) is 5.76 Å². The molecule has 1 aliphatic rings. The minimum Gasteiger partial charge on any atom is -0.454 e. The van der Waals surface area contributed by atoms with Gasteiger partial charge in [0.2, 0.25) is 5.43 Å². The predicted octanol–water partition coefficient (Wildman–Crippen LogP) is 2.23. The van der Waals surface area contributed by atoms with Crippen LogP contribution in [0.5, 0.6) is 0 Å². The lowest BCUT2D eigenvalue weighted by atomic mass is 10.1. The van der Waals surface area contributed by atoms with Crippen LogP contribution >= 0.6 is 0 Å². The van der Waals surface area contributed by atoms with Gasteiger partial charge in [-0.2, -0.15) is 0 Å². The average molecular weight is 199 g/mol. The fourth-order valence-electron chi connectivity index (χ4n) is 1.77. The van der Waals surface area contributed by atoms with Crippen LogP contribution in [0.4, 0.5) is 5.69 Å². The molecule has 1 aromatic heterocycles. The Hall–Kier alpha value is -2.03. The molecule has 3 nitrogen and oxygen atoms in total. The van der Waals surface area contributed by atoms with Gasteiger partial charge in [0.25, 0.3) is 0 Å². The van der Waals surface area contributed by atoms with Crippen LogP contribution in [0.3, 0.4) is 0 Å². The molecule has 0 saturated heterocycles. The first kappa shape index (κ1) is 8.29. The minimum atomic E-state index is 0.0104. The molecular weight excluding hydrogens is 190 g/mol. The summed E-state index contributed by atoms with van der Waals surface area (Å²) in [5.41, 5.74) is 1.21. The number of para-hydroxylation sites is 1. The number of fused-ring (bicyclic) bond motifs is 2. The summed E-state index contributed by atoms with van der Waals surface area (Å²) in [5.74, 6) is 0.616. The monoisotopic (exact) mass is 199 g/mol. The van der Waals surface area contributed by atoms with Crippen molar-refractivity contribution in [3.63, 3.8) is 0 Å². The quantitative estimate of drug-likeness (QED) is 0.707. The molecule has 1 aromatic carbocycles. The van der Waals surface area contributed by atoms with Crippen molar-refractivity contribution in [3.05, 3.63) is 46.3 Å². The summed E-state index contributed by atoms with van der Waals surface area (Å²) in [5, 5.41) is 3.65. The van der Waals surface area contributed by atoms with E-state index in [1.54, 1.807) is 12.1 Å². The standard InChI is InChI=1S/C12H9NO2/c14-12-8-4-1-2-5-9(8)15-10-6-3-7-13-11(10)12/h1-6,13H,7H2. The zero-order valence-electron chi connectivity index (χ0n) is 7.99. The molecule has 3 heteroatoms.